The minimum Gasteiger partial charge on any atom is -0.338 e. The summed E-state index contributed by atoms with van der Waals surface area (Å²) in [7, 11) is 0. The number of hydrogen-bond acceptors (Lipinski definition) is 5. The van der Waals surface area contributed by atoms with Crippen molar-refractivity contribution < 1.29 is 4.39 Å². The average Bonchev–Trinajstić information content (AvgIpc) is 3.02. The Morgan fingerprint density at radius 1 is 1.37 bits per heavy atom. The Hall–Kier alpha value is -3.03. The molecule has 0 spiro atoms. The van der Waals surface area contributed by atoms with Crippen molar-refractivity contribution in [3.05, 3.63) is 46.9 Å². The fourth-order valence-electron chi connectivity index (χ4n) is 3.95. The number of pyridine rings is 2. The highest BCUT2D eigenvalue weighted by Gasteiger charge is 2.29. The third-order valence-corrected chi connectivity index (χ3v) is 5.17. The van der Waals surface area contributed by atoms with Gasteiger partial charge in [0.25, 0.3) is 5.56 Å². The lowest BCUT2D eigenvalue weighted by Crippen LogP contribution is -2.26. The summed E-state index contributed by atoms with van der Waals surface area (Å²) in [6, 6.07) is 4.91. The van der Waals surface area contributed by atoms with Crippen LogP contribution in [0.4, 0.5) is 15.9 Å². The molecule has 1 aliphatic carbocycles. The molecule has 3 aromatic heterocycles. The molecule has 0 aromatic carbocycles. The molecule has 1 aliphatic rings. The first-order chi connectivity index (χ1) is 13.2. The third kappa shape index (κ3) is 3.34. The van der Waals surface area contributed by atoms with Crippen LogP contribution in [0.1, 0.15) is 31.7 Å². The van der Waals surface area contributed by atoms with Crippen LogP contribution in [0, 0.1) is 11.9 Å². The maximum atomic E-state index is 13.4. The molecule has 3 aromatic rings. The SMILES string of the molecule is C=NCC1CCCCC1n1nc(Nc2ccnc(F)c2)c2c(=O)[nH]ccc21. The summed E-state index contributed by atoms with van der Waals surface area (Å²) in [5.41, 5.74) is 1.02. The topological polar surface area (TPSA) is 88.0 Å². The number of aliphatic imine (C=N–C) groups is 1. The van der Waals surface area contributed by atoms with E-state index in [-0.39, 0.29) is 11.6 Å². The predicted molar refractivity (Wildman–Crippen MR) is 103 cm³/mol. The van der Waals surface area contributed by atoms with Gasteiger partial charge in [0.1, 0.15) is 5.39 Å². The van der Waals surface area contributed by atoms with E-state index in [1.165, 1.54) is 12.3 Å². The smallest absolute Gasteiger partial charge is 0.261 e. The zero-order valence-corrected chi connectivity index (χ0v) is 14.9. The lowest BCUT2D eigenvalue weighted by molar-refractivity contribution is 0.235. The second-order valence-corrected chi connectivity index (χ2v) is 6.87. The zero-order valence-electron chi connectivity index (χ0n) is 14.9. The van der Waals surface area contributed by atoms with Crippen LogP contribution in [0.3, 0.4) is 0 Å². The van der Waals surface area contributed by atoms with E-state index in [0.717, 1.165) is 31.2 Å². The summed E-state index contributed by atoms with van der Waals surface area (Å²) in [6.45, 7) is 4.31. The van der Waals surface area contributed by atoms with Gasteiger partial charge in [-0.2, -0.15) is 9.49 Å². The van der Waals surface area contributed by atoms with Gasteiger partial charge in [-0.1, -0.05) is 12.8 Å². The average molecular weight is 368 g/mol. The van der Waals surface area contributed by atoms with Crippen LogP contribution in [0.15, 0.2) is 40.4 Å². The van der Waals surface area contributed by atoms with Gasteiger partial charge in [-0.3, -0.25) is 9.48 Å². The lowest BCUT2D eigenvalue weighted by Gasteiger charge is -2.31. The predicted octanol–water partition coefficient (Wildman–Crippen LogP) is 3.43. The van der Waals surface area contributed by atoms with Crippen molar-refractivity contribution in [1.29, 1.82) is 0 Å². The molecule has 0 aliphatic heterocycles. The van der Waals surface area contributed by atoms with E-state index in [1.807, 2.05) is 10.7 Å². The lowest BCUT2D eigenvalue weighted by atomic mass is 9.84. The van der Waals surface area contributed by atoms with E-state index in [2.05, 4.69) is 27.0 Å². The number of rotatable bonds is 5. The molecule has 27 heavy (non-hydrogen) atoms. The summed E-state index contributed by atoms with van der Waals surface area (Å²) in [5, 5.41) is 8.24. The summed E-state index contributed by atoms with van der Waals surface area (Å²) >= 11 is 0. The van der Waals surface area contributed by atoms with Crippen LogP contribution in [-0.2, 0) is 0 Å². The molecular weight excluding hydrogens is 347 g/mol. The summed E-state index contributed by atoms with van der Waals surface area (Å²) in [6.07, 6.45) is 7.31. The fraction of sp³-hybridized carbons (Fsp3) is 0.368. The van der Waals surface area contributed by atoms with Gasteiger partial charge < -0.3 is 15.3 Å². The molecule has 0 radical (unpaired) electrons. The van der Waals surface area contributed by atoms with Crippen LogP contribution in [0.25, 0.3) is 10.9 Å². The second kappa shape index (κ2) is 7.30. The number of anilines is 2. The molecule has 7 nitrogen and oxygen atoms in total. The van der Waals surface area contributed by atoms with Gasteiger partial charge in [0.05, 0.1) is 11.6 Å². The molecule has 2 unspecified atom stereocenters. The molecule has 2 N–H and O–H groups in total. The van der Waals surface area contributed by atoms with Gasteiger partial charge >= 0.3 is 0 Å². The number of hydrogen-bond donors (Lipinski definition) is 2. The molecular formula is C19H21FN6O. The van der Waals surface area contributed by atoms with Crippen LogP contribution < -0.4 is 10.9 Å². The molecule has 2 atom stereocenters. The summed E-state index contributed by atoms with van der Waals surface area (Å²) < 4.78 is 15.4. The Bertz CT molecular complexity index is 1030. The van der Waals surface area contributed by atoms with E-state index in [9.17, 15) is 9.18 Å². The fourth-order valence-corrected chi connectivity index (χ4v) is 3.95. The highest BCUT2D eigenvalue weighted by molar-refractivity contribution is 5.91. The van der Waals surface area contributed by atoms with Gasteiger partial charge in [0, 0.05) is 36.6 Å². The normalized spacial score (nSPS) is 19.9. The van der Waals surface area contributed by atoms with Gasteiger partial charge in [-0.15, -0.1) is 0 Å². The molecule has 1 fully saturated rings. The highest BCUT2D eigenvalue weighted by Crippen LogP contribution is 2.37. The second-order valence-electron chi connectivity index (χ2n) is 6.87. The Balaban J connectivity index is 1.81. The van der Waals surface area contributed by atoms with Gasteiger partial charge in [0.15, 0.2) is 5.82 Å². The van der Waals surface area contributed by atoms with E-state index >= 15 is 0 Å². The first kappa shape index (κ1) is 17.4. The van der Waals surface area contributed by atoms with Crippen LogP contribution in [0.2, 0.25) is 0 Å². The van der Waals surface area contributed by atoms with Crippen molar-refractivity contribution in [2.75, 3.05) is 11.9 Å². The summed E-state index contributed by atoms with van der Waals surface area (Å²) in [5.74, 6) is 0.153. The Morgan fingerprint density at radius 3 is 3.04 bits per heavy atom. The summed E-state index contributed by atoms with van der Waals surface area (Å²) in [4.78, 5) is 22.8. The number of aromatic nitrogens is 4. The highest BCUT2D eigenvalue weighted by atomic mass is 19.1. The third-order valence-electron chi connectivity index (χ3n) is 5.17. The minimum absolute atomic E-state index is 0.151. The van der Waals surface area contributed by atoms with Crippen molar-refractivity contribution in [3.63, 3.8) is 0 Å². The van der Waals surface area contributed by atoms with E-state index in [4.69, 9.17) is 5.10 Å². The first-order valence-corrected chi connectivity index (χ1v) is 9.08. The maximum Gasteiger partial charge on any atom is 0.261 e. The molecule has 1 saturated carbocycles. The number of nitrogens with zero attached hydrogens (tertiary/aromatic N) is 4. The standard InChI is InChI=1S/C19H21FN6O/c1-21-11-12-4-2-3-5-14(12)26-15-7-9-23-19(27)17(15)18(25-26)24-13-6-8-22-16(20)10-13/h6-10,12,14H,1-5,11H2,(H,23,27)(H,22,24,25). The van der Waals surface area contributed by atoms with Gasteiger partial charge in [-0.25, -0.2) is 4.98 Å². The number of halogens is 1. The van der Waals surface area contributed by atoms with Crippen molar-refractivity contribution in [1.82, 2.24) is 19.7 Å². The number of fused-ring (bicyclic) bond motifs is 1. The molecule has 4 rings (SSSR count). The van der Waals surface area contributed by atoms with Crippen molar-refractivity contribution in [2.45, 2.75) is 31.7 Å². The Labute approximate surface area is 155 Å². The Kier molecular flexibility index (Phi) is 4.70. The molecule has 8 heteroatoms. The van der Waals surface area contributed by atoms with E-state index in [1.54, 1.807) is 12.3 Å². The van der Waals surface area contributed by atoms with Crippen LogP contribution >= 0.6 is 0 Å². The van der Waals surface area contributed by atoms with Crippen molar-refractivity contribution >= 4 is 29.1 Å². The Morgan fingerprint density at radius 2 is 2.22 bits per heavy atom. The van der Waals surface area contributed by atoms with Crippen LogP contribution in [-0.4, -0.2) is 33.0 Å². The largest absolute Gasteiger partial charge is 0.338 e. The quantitative estimate of drug-likeness (QED) is 0.533. The van der Waals surface area contributed by atoms with Crippen molar-refractivity contribution in [2.24, 2.45) is 10.9 Å². The molecule has 3 heterocycles. The van der Waals surface area contributed by atoms with Crippen molar-refractivity contribution in [3.8, 4) is 0 Å². The molecule has 0 bridgehead atoms. The first-order valence-electron chi connectivity index (χ1n) is 9.08. The van der Waals surface area contributed by atoms with E-state index < -0.39 is 5.95 Å². The maximum absolute atomic E-state index is 13.4. The van der Waals surface area contributed by atoms with Gasteiger partial charge in [0.2, 0.25) is 5.95 Å². The number of H-pyrrole nitrogens is 1. The number of nitrogens with one attached hydrogen (secondary N) is 2. The van der Waals surface area contributed by atoms with Gasteiger partial charge in [-0.05, 0) is 31.7 Å². The monoisotopic (exact) mass is 368 g/mol. The number of aromatic amines is 1. The minimum atomic E-state index is -0.595. The molecule has 0 amide bonds. The van der Waals surface area contributed by atoms with E-state index in [0.29, 0.717) is 29.4 Å². The molecule has 140 valence electrons. The zero-order chi connectivity index (χ0) is 18.8. The molecule has 0 saturated heterocycles. The van der Waals surface area contributed by atoms with Crippen LogP contribution in [0.5, 0.6) is 0 Å².